The van der Waals surface area contributed by atoms with E-state index in [1.165, 1.54) is 18.6 Å². The summed E-state index contributed by atoms with van der Waals surface area (Å²) in [5.74, 6) is 3.53. The van der Waals surface area contributed by atoms with Crippen molar-refractivity contribution in [3.63, 3.8) is 0 Å². The summed E-state index contributed by atoms with van der Waals surface area (Å²) in [7, 11) is 1.65. The Kier molecular flexibility index (Phi) is 10.9. The lowest BCUT2D eigenvalue weighted by atomic mass is 9.98. The fourth-order valence-corrected chi connectivity index (χ4v) is 1.91. The van der Waals surface area contributed by atoms with Gasteiger partial charge in [-0.1, -0.05) is 20.3 Å². The van der Waals surface area contributed by atoms with Crippen molar-refractivity contribution in [1.82, 2.24) is 5.43 Å². The molecule has 124 valence electrons. The van der Waals surface area contributed by atoms with Gasteiger partial charge in [0.25, 0.3) is 0 Å². The molecule has 1 fully saturated rings. The van der Waals surface area contributed by atoms with Gasteiger partial charge in [-0.25, -0.2) is 4.39 Å². The van der Waals surface area contributed by atoms with Crippen LogP contribution in [0, 0.1) is 11.7 Å². The number of nitrogens with one attached hydrogen (secondary N) is 1. The van der Waals surface area contributed by atoms with Crippen molar-refractivity contribution in [1.29, 1.82) is 0 Å². The van der Waals surface area contributed by atoms with Gasteiger partial charge in [0.05, 0.1) is 5.92 Å². The molecule has 2 rings (SSSR count). The van der Waals surface area contributed by atoms with Gasteiger partial charge in [-0.2, -0.15) is 0 Å². The van der Waals surface area contributed by atoms with Gasteiger partial charge in [0, 0.05) is 12.2 Å². The minimum absolute atomic E-state index is 0.187. The van der Waals surface area contributed by atoms with E-state index in [0.29, 0.717) is 24.9 Å². The molecular formula is C16H26FN3O2. The Hall–Kier alpha value is -1.79. The molecule has 1 amide bonds. The van der Waals surface area contributed by atoms with Gasteiger partial charge in [0.15, 0.2) is 0 Å². The minimum atomic E-state index is -0.543. The zero-order valence-electron chi connectivity index (χ0n) is 13.5. The van der Waals surface area contributed by atoms with Gasteiger partial charge >= 0.3 is 0 Å². The molecule has 1 aliphatic heterocycles. The molecular weight excluding hydrogens is 285 g/mol. The molecule has 1 aromatic rings. The van der Waals surface area contributed by atoms with E-state index in [2.05, 4.69) is 25.1 Å². The van der Waals surface area contributed by atoms with Crippen LogP contribution in [-0.4, -0.2) is 25.8 Å². The second-order valence-electron chi connectivity index (χ2n) is 4.85. The Morgan fingerprint density at radius 3 is 2.32 bits per heavy atom. The number of hydrogen-bond donors (Lipinski definition) is 2. The lowest BCUT2D eigenvalue weighted by Gasteiger charge is -2.29. The number of benzene rings is 1. The number of carbonyl (C=O) groups excluding carboxylic acids is 2. The van der Waals surface area contributed by atoms with E-state index < -0.39 is 5.92 Å². The zero-order valence-corrected chi connectivity index (χ0v) is 13.5. The zero-order chi connectivity index (χ0) is 17.0. The van der Waals surface area contributed by atoms with Crippen LogP contribution in [0.2, 0.25) is 0 Å². The third kappa shape index (κ3) is 6.78. The topological polar surface area (TPSA) is 75.4 Å². The highest BCUT2D eigenvalue weighted by Crippen LogP contribution is 2.23. The second-order valence-corrected chi connectivity index (χ2v) is 4.85. The predicted molar refractivity (Wildman–Crippen MR) is 86.8 cm³/mol. The highest BCUT2D eigenvalue weighted by atomic mass is 19.1. The van der Waals surface area contributed by atoms with Gasteiger partial charge < -0.3 is 9.69 Å². The first-order valence-electron chi connectivity index (χ1n) is 7.45. The molecule has 0 radical (unpaired) electrons. The standard InChI is InChI=1S/C12H12FNO2.C3H8.CH6N2/c13-10-3-5-11(6-4-10)14-7-1-2-9(8-15)12(14)16;2*1-3-2/h3-6,8-9H,1-2,7H2;3H2,1-2H3;3H,2H2,1H3. The summed E-state index contributed by atoms with van der Waals surface area (Å²) in [5, 5.41) is 0. The van der Waals surface area contributed by atoms with Crippen LogP contribution in [0.4, 0.5) is 10.1 Å². The number of rotatable bonds is 2. The van der Waals surface area contributed by atoms with E-state index in [0.717, 1.165) is 6.42 Å². The quantitative estimate of drug-likeness (QED) is 0.380. The molecule has 1 aromatic carbocycles. The molecule has 6 heteroatoms. The molecule has 1 saturated heterocycles. The molecule has 0 spiro atoms. The van der Waals surface area contributed by atoms with Crippen molar-refractivity contribution < 1.29 is 14.0 Å². The molecule has 0 saturated carbocycles. The number of piperidine rings is 1. The summed E-state index contributed by atoms with van der Waals surface area (Å²) >= 11 is 0. The summed E-state index contributed by atoms with van der Waals surface area (Å²) in [6.07, 6.45) is 3.35. The van der Waals surface area contributed by atoms with Crippen molar-refractivity contribution >= 4 is 17.9 Å². The van der Waals surface area contributed by atoms with Crippen molar-refractivity contribution in [2.75, 3.05) is 18.5 Å². The maximum Gasteiger partial charge on any atom is 0.237 e. The smallest absolute Gasteiger partial charge is 0.237 e. The maximum absolute atomic E-state index is 12.7. The van der Waals surface area contributed by atoms with Crippen LogP contribution in [0.25, 0.3) is 0 Å². The number of hydrazine groups is 1. The largest absolute Gasteiger partial charge is 0.312 e. The first-order valence-corrected chi connectivity index (χ1v) is 7.45. The summed E-state index contributed by atoms with van der Waals surface area (Å²) in [5.41, 5.74) is 2.90. The lowest BCUT2D eigenvalue weighted by Crippen LogP contribution is -2.41. The van der Waals surface area contributed by atoms with Crippen molar-refractivity contribution in [3.8, 4) is 0 Å². The molecule has 0 aliphatic carbocycles. The molecule has 1 aliphatic rings. The van der Waals surface area contributed by atoms with E-state index in [-0.39, 0.29) is 11.7 Å². The van der Waals surface area contributed by atoms with Crippen LogP contribution < -0.4 is 16.2 Å². The Morgan fingerprint density at radius 2 is 1.86 bits per heavy atom. The molecule has 22 heavy (non-hydrogen) atoms. The van der Waals surface area contributed by atoms with E-state index >= 15 is 0 Å². The normalized spacial score (nSPS) is 16.9. The summed E-state index contributed by atoms with van der Waals surface area (Å²) in [6.45, 7) is 4.84. The number of nitrogens with two attached hydrogens (primary N) is 1. The maximum atomic E-state index is 12.7. The van der Waals surface area contributed by atoms with Crippen LogP contribution in [-0.2, 0) is 9.59 Å². The van der Waals surface area contributed by atoms with Gasteiger partial charge in [0.1, 0.15) is 12.1 Å². The molecule has 1 unspecified atom stereocenters. The van der Waals surface area contributed by atoms with Crippen molar-refractivity contribution in [2.24, 2.45) is 11.8 Å². The Balaban J connectivity index is 0.000000639. The Morgan fingerprint density at radius 1 is 1.36 bits per heavy atom. The monoisotopic (exact) mass is 311 g/mol. The highest BCUT2D eigenvalue weighted by Gasteiger charge is 2.28. The van der Waals surface area contributed by atoms with Crippen LogP contribution in [0.5, 0.6) is 0 Å². The van der Waals surface area contributed by atoms with E-state index in [1.807, 2.05) is 0 Å². The predicted octanol–water partition coefficient (Wildman–Crippen LogP) is 2.26. The van der Waals surface area contributed by atoms with E-state index in [9.17, 15) is 14.0 Å². The van der Waals surface area contributed by atoms with Crippen molar-refractivity contribution in [3.05, 3.63) is 30.1 Å². The first-order chi connectivity index (χ1) is 10.5. The van der Waals surface area contributed by atoms with Gasteiger partial charge in [0.2, 0.25) is 5.91 Å². The number of nitrogens with zero attached hydrogens (tertiary/aromatic N) is 1. The molecule has 1 heterocycles. The number of anilines is 1. The minimum Gasteiger partial charge on any atom is -0.312 e. The van der Waals surface area contributed by atoms with Gasteiger partial charge in [-0.3, -0.25) is 16.1 Å². The third-order valence-electron chi connectivity index (χ3n) is 2.78. The Bertz CT molecular complexity index is 436. The third-order valence-corrected chi connectivity index (χ3v) is 2.78. The fraction of sp³-hybridized carbons (Fsp3) is 0.500. The highest BCUT2D eigenvalue weighted by molar-refractivity contribution is 6.03. The number of hydrogen-bond acceptors (Lipinski definition) is 4. The SMILES string of the molecule is CCC.CNN.O=CC1CCCN(c2ccc(F)cc2)C1=O. The van der Waals surface area contributed by atoms with E-state index in [1.54, 1.807) is 24.1 Å². The number of amides is 1. The molecule has 1 atom stereocenters. The lowest BCUT2D eigenvalue weighted by molar-refractivity contribution is -0.128. The summed E-state index contributed by atoms with van der Waals surface area (Å²) in [6, 6.07) is 5.74. The van der Waals surface area contributed by atoms with Crippen LogP contribution >= 0.6 is 0 Å². The van der Waals surface area contributed by atoms with Gasteiger partial charge in [-0.05, 0) is 44.2 Å². The molecule has 3 N–H and O–H groups in total. The van der Waals surface area contributed by atoms with Crippen molar-refractivity contribution in [2.45, 2.75) is 33.1 Å². The van der Waals surface area contributed by atoms with Crippen LogP contribution in [0.3, 0.4) is 0 Å². The Labute approximate surface area is 131 Å². The fourth-order valence-electron chi connectivity index (χ4n) is 1.91. The average molecular weight is 311 g/mol. The van der Waals surface area contributed by atoms with Crippen LogP contribution in [0.15, 0.2) is 24.3 Å². The second kappa shape index (κ2) is 11.8. The number of aldehydes is 1. The van der Waals surface area contributed by atoms with E-state index in [4.69, 9.17) is 0 Å². The van der Waals surface area contributed by atoms with Gasteiger partial charge in [-0.15, -0.1) is 0 Å². The van der Waals surface area contributed by atoms with Crippen LogP contribution in [0.1, 0.15) is 33.1 Å². The first kappa shape index (κ1) is 20.2. The average Bonchev–Trinajstić information content (AvgIpc) is 2.50. The molecule has 0 bridgehead atoms. The number of carbonyl (C=O) groups is 2. The molecule has 5 nitrogen and oxygen atoms in total. The number of halogens is 1. The molecule has 0 aromatic heterocycles. The summed E-state index contributed by atoms with van der Waals surface area (Å²) < 4.78 is 12.7. The summed E-state index contributed by atoms with van der Waals surface area (Å²) in [4.78, 5) is 24.1.